The van der Waals surface area contributed by atoms with Crippen molar-refractivity contribution in [2.24, 2.45) is 0 Å². The predicted molar refractivity (Wildman–Crippen MR) is 100 cm³/mol. The molecule has 3 rings (SSSR count). The van der Waals surface area contributed by atoms with Crippen LogP contribution in [-0.2, 0) is 17.0 Å². The summed E-state index contributed by atoms with van der Waals surface area (Å²) in [4.78, 5) is 13.5. The fraction of sp³-hybridized carbons (Fsp3) is 0.316. The molecular weight excluding hydrogens is 322 g/mol. The Morgan fingerprint density at radius 3 is 2.78 bits per heavy atom. The van der Waals surface area contributed by atoms with Gasteiger partial charge in [0.15, 0.2) is 0 Å². The Morgan fingerprint density at radius 2 is 2.00 bits per heavy atom. The van der Waals surface area contributed by atoms with Crippen molar-refractivity contribution in [1.82, 2.24) is 5.32 Å². The molecule has 0 saturated carbocycles. The minimum absolute atomic E-state index is 0.0366. The Hall–Kier alpha value is -1.39. The zero-order valence-corrected chi connectivity index (χ0v) is 14.9. The van der Waals surface area contributed by atoms with Crippen molar-refractivity contribution in [2.75, 3.05) is 12.3 Å². The number of hydrogen-bond acceptors (Lipinski definition) is 3. The molecule has 1 aliphatic heterocycles. The van der Waals surface area contributed by atoms with Crippen LogP contribution in [0.25, 0.3) is 0 Å². The average Bonchev–Trinajstić information content (AvgIpc) is 3.00. The van der Waals surface area contributed by atoms with Gasteiger partial charge in [0, 0.05) is 22.9 Å². The SMILES string of the molecule is Cc1ccc(CSCCNC(=O)C2Cc3ccccc3S2)cc1. The normalized spacial score (nSPS) is 16.1. The first-order valence-corrected chi connectivity index (χ1v) is 9.91. The second kappa shape index (κ2) is 7.93. The van der Waals surface area contributed by atoms with Crippen LogP contribution in [0.15, 0.2) is 53.4 Å². The molecule has 0 bridgehead atoms. The quantitative estimate of drug-likeness (QED) is 0.802. The van der Waals surface area contributed by atoms with Gasteiger partial charge in [0.1, 0.15) is 0 Å². The number of carbonyl (C=O) groups is 1. The Morgan fingerprint density at radius 1 is 1.22 bits per heavy atom. The summed E-state index contributed by atoms with van der Waals surface area (Å²) >= 11 is 3.55. The van der Waals surface area contributed by atoms with E-state index in [1.165, 1.54) is 21.6 Å². The van der Waals surface area contributed by atoms with Crippen LogP contribution < -0.4 is 5.32 Å². The Balaban J connectivity index is 1.35. The number of benzene rings is 2. The van der Waals surface area contributed by atoms with Gasteiger partial charge in [0.2, 0.25) is 5.91 Å². The summed E-state index contributed by atoms with van der Waals surface area (Å²) in [5.41, 5.74) is 3.93. The summed E-state index contributed by atoms with van der Waals surface area (Å²) < 4.78 is 0. The minimum Gasteiger partial charge on any atom is -0.354 e. The fourth-order valence-electron chi connectivity index (χ4n) is 2.56. The number of fused-ring (bicyclic) bond motifs is 1. The van der Waals surface area contributed by atoms with E-state index in [1.807, 2.05) is 23.9 Å². The van der Waals surface area contributed by atoms with Crippen molar-refractivity contribution >= 4 is 29.4 Å². The van der Waals surface area contributed by atoms with Gasteiger partial charge in [0.25, 0.3) is 0 Å². The van der Waals surface area contributed by atoms with Gasteiger partial charge >= 0.3 is 0 Å². The summed E-state index contributed by atoms with van der Waals surface area (Å²) in [7, 11) is 0. The molecule has 0 fully saturated rings. The third kappa shape index (κ3) is 4.55. The topological polar surface area (TPSA) is 29.1 Å². The van der Waals surface area contributed by atoms with Gasteiger partial charge in [-0.2, -0.15) is 11.8 Å². The van der Waals surface area contributed by atoms with Crippen LogP contribution >= 0.6 is 23.5 Å². The Bertz CT molecular complexity index is 644. The number of hydrogen-bond donors (Lipinski definition) is 1. The molecule has 2 aromatic carbocycles. The third-order valence-electron chi connectivity index (χ3n) is 3.87. The molecule has 0 aromatic heterocycles. The van der Waals surface area contributed by atoms with Gasteiger partial charge in [-0.3, -0.25) is 4.79 Å². The third-order valence-corrected chi connectivity index (χ3v) is 6.22. The van der Waals surface area contributed by atoms with E-state index < -0.39 is 0 Å². The van der Waals surface area contributed by atoms with E-state index in [9.17, 15) is 4.79 Å². The maximum atomic E-state index is 12.2. The van der Waals surface area contributed by atoms with E-state index in [-0.39, 0.29) is 11.2 Å². The molecule has 0 spiro atoms. The molecular formula is C19H21NOS2. The lowest BCUT2D eigenvalue weighted by molar-refractivity contribution is -0.120. The van der Waals surface area contributed by atoms with Crippen LogP contribution in [0, 0.1) is 6.92 Å². The van der Waals surface area contributed by atoms with Crippen molar-refractivity contribution in [1.29, 1.82) is 0 Å². The smallest absolute Gasteiger partial charge is 0.233 e. The molecule has 0 radical (unpaired) electrons. The van der Waals surface area contributed by atoms with E-state index in [0.717, 1.165) is 24.5 Å². The van der Waals surface area contributed by atoms with Crippen LogP contribution in [0.5, 0.6) is 0 Å². The predicted octanol–water partition coefficient (Wildman–Crippen LogP) is 4.06. The van der Waals surface area contributed by atoms with E-state index >= 15 is 0 Å². The van der Waals surface area contributed by atoms with Crippen LogP contribution in [0.2, 0.25) is 0 Å². The average molecular weight is 344 g/mol. The van der Waals surface area contributed by atoms with Crippen molar-refractivity contribution in [2.45, 2.75) is 29.2 Å². The van der Waals surface area contributed by atoms with Gasteiger partial charge in [-0.25, -0.2) is 0 Å². The highest BCUT2D eigenvalue weighted by Crippen LogP contribution is 2.36. The number of amides is 1. The molecule has 2 aromatic rings. The van der Waals surface area contributed by atoms with E-state index in [1.54, 1.807) is 11.8 Å². The molecule has 0 aliphatic carbocycles. The number of rotatable bonds is 6. The summed E-state index contributed by atoms with van der Waals surface area (Å²) in [5.74, 6) is 2.12. The maximum absolute atomic E-state index is 12.2. The van der Waals surface area contributed by atoms with Gasteiger partial charge in [-0.15, -0.1) is 11.8 Å². The molecule has 0 saturated heterocycles. The lowest BCUT2D eigenvalue weighted by Gasteiger charge is -2.09. The molecule has 1 aliphatic rings. The number of carbonyl (C=O) groups excluding carboxylic acids is 1. The molecule has 1 unspecified atom stereocenters. The second-order valence-corrected chi connectivity index (χ2v) is 8.10. The first kappa shape index (κ1) is 16.5. The van der Waals surface area contributed by atoms with Crippen LogP contribution in [0.1, 0.15) is 16.7 Å². The molecule has 1 amide bonds. The lowest BCUT2D eigenvalue weighted by Crippen LogP contribution is -2.33. The van der Waals surface area contributed by atoms with Gasteiger partial charge in [0.05, 0.1) is 5.25 Å². The number of thioether (sulfide) groups is 2. The molecule has 120 valence electrons. The van der Waals surface area contributed by atoms with Crippen molar-refractivity contribution in [3.63, 3.8) is 0 Å². The Kier molecular flexibility index (Phi) is 5.68. The maximum Gasteiger partial charge on any atom is 0.233 e. The second-order valence-electron chi connectivity index (χ2n) is 5.75. The highest BCUT2D eigenvalue weighted by molar-refractivity contribution is 8.01. The summed E-state index contributed by atoms with van der Waals surface area (Å²) in [6.07, 6.45) is 0.850. The zero-order chi connectivity index (χ0) is 16.1. The zero-order valence-electron chi connectivity index (χ0n) is 13.2. The first-order valence-electron chi connectivity index (χ1n) is 7.88. The summed E-state index contributed by atoms with van der Waals surface area (Å²) in [5, 5.41) is 3.11. The molecule has 4 heteroatoms. The molecule has 23 heavy (non-hydrogen) atoms. The van der Waals surface area contributed by atoms with Gasteiger partial charge in [-0.1, -0.05) is 48.0 Å². The van der Waals surface area contributed by atoms with Crippen molar-refractivity contribution < 1.29 is 4.79 Å². The van der Waals surface area contributed by atoms with E-state index in [0.29, 0.717) is 0 Å². The molecule has 1 heterocycles. The van der Waals surface area contributed by atoms with E-state index in [4.69, 9.17) is 0 Å². The van der Waals surface area contributed by atoms with E-state index in [2.05, 4.69) is 48.6 Å². The van der Waals surface area contributed by atoms with Gasteiger partial charge < -0.3 is 5.32 Å². The molecule has 1 atom stereocenters. The Labute approximate surface area is 146 Å². The summed E-state index contributed by atoms with van der Waals surface area (Å²) in [6.45, 7) is 2.84. The van der Waals surface area contributed by atoms with Crippen LogP contribution in [-0.4, -0.2) is 23.5 Å². The standard InChI is InChI=1S/C19H21NOS2/c1-14-6-8-15(9-7-14)13-22-11-10-20-19(21)18-12-16-4-2-3-5-17(16)23-18/h2-9,18H,10-13H2,1H3,(H,20,21). The van der Waals surface area contributed by atoms with Crippen molar-refractivity contribution in [3.05, 3.63) is 65.2 Å². The lowest BCUT2D eigenvalue weighted by atomic mass is 10.1. The summed E-state index contributed by atoms with van der Waals surface area (Å²) in [6, 6.07) is 16.9. The van der Waals surface area contributed by atoms with Crippen LogP contribution in [0.3, 0.4) is 0 Å². The largest absolute Gasteiger partial charge is 0.354 e. The monoisotopic (exact) mass is 343 g/mol. The number of aryl methyl sites for hydroxylation is 1. The molecule has 2 nitrogen and oxygen atoms in total. The minimum atomic E-state index is 0.0366. The number of nitrogens with one attached hydrogen (secondary N) is 1. The first-order chi connectivity index (χ1) is 11.2. The van der Waals surface area contributed by atoms with Crippen LogP contribution in [0.4, 0.5) is 0 Å². The molecule has 1 N–H and O–H groups in total. The fourth-order valence-corrected chi connectivity index (χ4v) is 4.60. The van der Waals surface area contributed by atoms with Gasteiger partial charge in [-0.05, 0) is 30.5 Å². The highest BCUT2D eigenvalue weighted by Gasteiger charge is 2.27. The highest BCUT2D eigenvalue weighted by atomic mass is 32.2. The van der Waals surface area contributed by atoms with Crippen molar-refractivity contribution in [3.8, 4) is 0 Å².